The highest BCUT2D eigenvalue weighted by Gasteiger charge is 2.30. The zero-order valence-corrected chi connectivity index (χ0v) is 10.6. The third-order valence-electron chi connectivity index (χ3n) is 3.10. The van der Waals surface area contributed by atoms with Gasteiger partial charge in [0.1, 0.15) is 11.7 Å². The van der Waals surface area contributed by atoms with Gasteiger partial charge in [-0.3, -0.25) is 0 Å². The molecule has 4 nitrogen and oxygen atoms in total. The SMILES string of the molecule is Cc1cc(N(C)C)c(O)c2c1C[C@@H](C)OC2=O. The summed E-state index contributed by atoms with van der Waals surface area (Å²) in [5.74, 6) is -0.407. The van der Waals surface area contributed by atoms with Crippen LogP contribution in [-0.2, 0) is 11.2 Å². The number of anilines is 1. The van der Waals surface area contributed by atoms with E-state index in [1.54, 1.807) is 4.90 Å². The average Bonchev–Trinajstić information content (AvgIpc) is 2.21. The molecule has 4 heteroatoms. The molecule has 0 fully saturated rings. The standard InChI is InChI=1S/C13H17NO3/c1-7-5-10(14(3)4)12(15)11-9(7)6-8(2)17-13(11)16/h5,8,15H,6H2,1-4H3/t8-/m1/s1. The highest BCUT2D eigenvalue weighted by Crippen LogP contribution is 2.38. The molecule has 2 rings (SSSR count). The summed E-state index contributed by atoms with van der Waals surface area (Å²) < 4.78 is 5.17. The lowest BCUT2D eigenvalue weighted by Crippen LogP contribution is -2.26. The van der Waals surface area contributed by atoms with Crippen molar-refractivity contribution < 1.29 is 14.6 Å². The second-order valence-corrected chi connectivity index (χ2v) is 4.73. The minimum atomic E-state index is -0.428. The normalized spacial score (nSPS) is 18.6. The van der Waals surface area contributed by atoms with Crippen LogP contribution >= 0.6 is 0 Å². The molecule has 92 valence electrons. The van der Waals surface area contributed by atoms with Crippen molar-refractivity contribution in [3.05, 3.63) is 22.8 Å². The van der Waals surface area contributed by atoms with E-state index in [1.165, 1.54) is 0 Å². The van der Waals surface area contributed by atoms with Crippen LogP contribution < -0.4 is 4.90 Å². The molecule has 0 radical (unpaired) electrons. The number of cyclic esters (lactones) is 1. The summed E-state index contributed by atoms with van der Waals surface area (Å²) in [5.41, 5.74) is 2.89. The van der Waals surface area contributed by atoms with Gasteiger partial charge in [0, 0.05) is 20.5 Å². The number of ether oxygens (including phenoxy) is 1. The van der Waals surface area contributed by atoms with Crippen molar-refractivity contribution in [2.75, 3.05) is 19.0 Å². The Labute approximate surface area is 101 Å². The lowest BCUT2D eigenvalue weighted by atomic mass is 9.93. The summed E-state index contributed by atoms with van der Waals surface area (Å²) in [7, 11) is 3.66. The minimum absolute atomic E-state index is 0.0208. The molecule has 0 bridgehead atoms. The molecule has 0 saturated heterocycles. The van der Waals surface area contributed by atoms with Crippen LogP contribution in [0.1, 0.15) is 28.4 Å². The maximum atomic E-state index is 11.8. The first kappa shape index (κ1) is 11.8. The second kappa shape index (κ2) is 3.95. The van der Waals surface area contributed by atoms with Crippen molar-refractivity contribution in [1.29, 1.82) is 0 Å². The smallest absolute Gasteiger partial charge is 0.342 e. The number of aryl methyl sites for hydroxylation is 1. The molecule has 0 aromatic heterocycles. The van der Waals surface area contributed by atoms with E-state index in [0.717, 1.165) is 11.1 Å². The summed E-state index contributed by atoms with van der Waals surface area (Å²) in [6.07, 6.45) is 0.534. The van der Waals surface area contributed by atoms with Gasteiger partial charge in [-0.1, -0.05) is 0 Å². The fourth-order valence-corrected chi connectivity index (χ4v) is 2.22. The molecule has 1 atom stereocenters. The Balaban J connectivity index is 2.67. The Morgan fingerprint density at radius 1 is 1.47 bits per heavy atom. The van der Waals surface area contributed by atoms with Crippen LogP contribution in [-0.4, -0.2) is 31.3 Å². The summed E-state index contributed by atoms with van der Waals surface area (Å²) in [6.45, 7) is 3.81. The van der Waals surface area contributed by atoms with Gasteiger partial charge in [0.2, 0.25) is 0 Å². The predicted octanol–water partition coefficient (Wildman–Crippen LogP) is 1.87. The van der Waals surface area contributed by atoms with Crippen molar-refractivity contribution in [2.24, 2.45) is 0 Å². The van der Waals surface area contributed by atoms with Crippen LogP contribution in [0.2, 0.25) is 0 Å². The maximum Gasteiger partial charge on any atom is 0.342 e. The highest BCUT2D eigenvalue weighted by atomic mass is 16.5. The quantitative estimate of drug-likeness (QED) is 0.755. The Morgan fingerprint density at radius 3 is 2.71 bits per heavy atom. The molecule has 17 heavy (non-hydrogen) atoms. The highest BCUT2D eigenvalue weighted by molar-refractivity contribution is 5.98. The first-order valence-corrected chi connectivity index (χ1v) is 5.65. The number of nitrogens with zero attached hydrogens (tertiary/aromatic N) is 1. The van der Waals surface area contributed by atoms with Crippen molar-refractivity contribution in [1.82, 2.24) is 0 Å². The molecule has 0 unspecified atom stereocenters. The van der Waals surface area contributed by atoms with Crippen molar-refractivity contribution in [3.8, 4) is 5.75 Å². The summed E-state index contributed by atoms with van der Waals surface area (Å²) >= 11 is 0. The van der Waals surface area contributed by atoms with E-state index < -0.39 is 5.97 Å². The molecular weight excluding hydrogens is 218 g/mol. The van der Waals surface area contributed by atoms with Gasteiger partial charge in [-0.2, -0.15) is 0 Å². The topological polar surface area (TPSA) is 49.8 Å². The van der Waals surface area contributed by atoms with Crippen LogP contribution in [0.15, 0.2) is 6.07 Å². The summed E-state index contributed by atoms with van der Waals surface area (Å²) in [4.78, 5) is 13.6. The zero-order chi connectivity index (χ0) is 12.7. The molecule has 0 amide bonds. The van der Waals surface area contributed by atoms with Crippen LogP contribution in [0.5, 0.6) is 5.75 Å². The monoisotopic (exact) mass is 235 g/mol. The zero-order valence-electron chi connectivity index (χ0n) is 10.6. The number of rotatable bonds is 1. The van der Waals surface area contributed by atoms with Gasteiger partial charge >= 0.3 is 5.97 Å². The number of carbonyl (C=O) groups is 1. The van der Waals surface area contributed by atoms with Crippen LogP contribution in [0.4, 0.5) is 5.69 Å². The fraction of sp³-hybridized carbons (Fsp3) is 0.462. The van der Waals surface area contributed by atoms with Gasteiger partial charge in [0.05, 0.1) is 5.69 Å². The predicted molar refractivity (Wildman–Crippen MR) is 65.8 cm³/mol. The molecule has 0 spiro atoms. The molecule has 1 heterocycles. The first-order valence-electron chi connectivity index (χ1n) is 5.65. The summed E-state index contributed by atoms with van der Waals surface area (Å²) in [6, 6.07) is 1.90. The molecule has 1 aliphatic rings. The molecule has 1 aromatic rings. The minimum Gasteiger partial charge on any atom is -0.505 e. The number of hydrogen-bond donors (Lipinski definition) is 1. The number of fused-ring (bicyclic) bond motifs is 1. The largest absolute Gasteiger partial charge is 0.505 e. The van der Waals surface area contributed by atoms with E-state index in [0.29, 0.717) is 17.7 Å². The fourth-order valence-electron chi connectivity index (χ4n) is 2.22. The number of esters is 1. The lowest BCUT2D eigenvalue weighted by Gasteiger charge is -2.26. The molecule has 0 aliphatic carbocycles. The van der Waals surface area contributed by atoms with Crippen LogP contribution in [0.3, 0.4) is 0 Å². The second-order valence-electron chi connectivity index (χ2n) is 4.73. The van der Waals surface area contributed by atoms with Gasteiger partial charge in [0.15, 0.2) is 5.75 Å². The number of hydrogen-bond acceptors (Lipinski definition) is 4. The molecular formula is C13H17NO3. The Kier molecular flexibility index (Phi) is 2.73. The third kappa shape index (κ3) is 1.84. The Bertz CT molecular complexity index is 480. The van der Waals surface area contributed by atoms with E-state index >= 15 is 0 Å². The van der Waals surface area contributed by atoms with Gasteiger partial charge in [-0.25, -0.2) is 4.79 Å². The first-order chi connectivity index (χ1) is 7.91. The van der Waals surface area contributed by atoms with E-state index in [2.05, 4.69) is 0 Å². The number of benzene rings is 1. The number of phenols is 1. The number of carbonyl (C=O) groups excluding carboxylic acids is 1. The Hall–Kier alpha value is -1.71. The molecule has 1 aliphatic heterocycles. The van der Waals surface area contributed by atoms with Crippen molar-refractivity contribution >= 4 is 11.7 Å². The van der Waals surface area contributed by atoms with Crippen LogP contribution in [0, 0.1) is 6.92 Å². The van der Waals surface area contributed by atoms with Crippen LogP contribution in [0.25, 0.3) is 0 Å². The average molecular weight is 235 g/mol. The molecule has 1 aromatic carbocycles. The van der Waals surface area contributed by atoms with E-state index in [9.17, 15) is 9.90 Å². The molecule has 0 saturated carbocycles. The third-order valence-corrected chi connectivity index (χ3v) is 3.10. The van der Waals surface area contributed by atoms with Crippen molar-refractivity contribution in [3.63, 3.8) is 0 Å². The van der Waals surface area contributed by atoms with Gasteiger partial charge in [-0.05, 0) is 31.0 Å². The lowest BCUT2D eigenvalue weighted by molar-refractivity contribution is 0.0296. The summed E-state index contributed by atoms with van der Waals surface area (Å²) in [5, 5.41) is 10.1. The Morgan fingerprint density at radius 2 is 2.12 bits per heavy atom. The van der Waals surface area contributed by atoms with Gasteiger partial charge < -0.3 is 14.7 Å². The molecule has 1 N–H and O–H groups in total. The van der Waals surface area contributed by atoms with E-state index in [-0.39, 0.29) is 11.9 Å². The van der Waals surface area contributed by atoms with Gasteiger partial charge in [-0.15, -0.1) is 0 Å². The van der Waals surface area contributed by atoms with E-state index in [4.69, 9.17) is 4.74 Å². The number of aromatic hydroxyl groups is 1. The van der Waals surface area contributed by atoms with E-state index in [1.807, 2.05) is 34.0 Å². The number of phenolic OH excluding ortho intramolecular Hbond substituents is 1. The maximum absolute atomic E-state index is 11.8. The van der Waals surface area contributed by atoms with Gasteiger partial charge in [0.25, 0.3) is 0 Å². The van der Waals surface area contributed by atoms with Crippen molar-refractivity contribution in [2.45, 2.75) is 26.4 Å².